The van der Waals surface area contributed by atoms with Crippen LogP contribution >= 0.6 is 23.2 Å². The number of nitrogens with one attached hydrogen (secondary N) is 1. The molecule has 4 nitrogen and oxygen atoms in total. The molecule has 4 rings (SSSR count). The largest absolute Gasteiger partial charge is 0.365 e. The Bertz CT molecular complexity index is 1070. The van der Waals surface area contributed by atoms with Crippen molar-refractivity contribution in [3.8, 4) is 22.5 Å². The van der Waals surface area contributed by atoms with Gasteiger partial charge in [0.25, 0.3) is 0 Å². The molecule has 0 fully saturated rings. The number of rotatable bonds is 5. The molecule has 4 aromatic rings. The molecule has 2 aromatic carbocycles. The lowest BCUT2D eigenvalue weighted by Gasteiger charge is -2.12. The molecule has 0 atom stereocenters. The van der Waals surface area contributed by atoms with Crippen LogP contribution in [0.25, 0.3) is 22.5 Å². The molecule has 6 heteroatoms. The first-order chi connectivity index (χ1) is 13.7. The van der Waals surface area contributed by atoms with Crippen LogP contribution in [0, 0.1) is 0 Å². The summed E-state index contributed by atoms with van der Waals surface area (Å²) in [6.07, 6.45) is 5.28. The standard InChI is InChI=1S/C22H16Cl2N4/c23-18-5-1-16(2-6-18)21-22(17-3-7-19(24)8-4-17)28-20(14-27-21)26-13-15-9-11-25-12-10-15/h1-12,14H,13H2,(H,26,28). The highest BCUT2D eigenvalue weighted by atomic mass is 35.5. The zero-order chi connectivity index (χ0) is 19.3. The summed E-state index contributed by atoms with van der Waals surface area (Å²) >= 11 is 12.1. The molecule has 0 amide bonds. The van der Waals surface area contributed by atoms with E-state index in [1.165, 1.54) is 0 Å². The van der Waals surface area contributed by atoms with Gasteiger partial charge in [-0.15, -0.1) is 0 Å². The Kier molecular flexibility index (Phi) is 5.51. The van der Waals surface area contributed by atoms with E-state index in [4.69, 9.17) is 28.2 Å². The van der Waals surface area contributed by atoms with E-state index in [0.29, 0.717) is 22.4 Å². The number of hydrogen-bond acceptors (Lipinski definition) is 4. The summed E-state index contributed by atoms with van der Waals surface area (Å²) in [6.45, 7) is 0.636. The molecule has 28 heavy (non-hydrogen) atoms. The first-order valence-electron chi connectivity index (χ1n) is 8.71. The Labute approximate surface area is 173 Å². The summed E-state index contributed by atoms with van der Waals surface area (Å²) in [4.78, 5) is 13.5. The molecule has 138 valence electrons. The predicted molar refractivity (Wildman–Crippen MR) is 114 cm³/mol. The van der Waals surface area contributed by atoms with Gasteiger partial charge in [0, 0.05) is 40.1 Å². The molecule has 0 aliphatic heterocycles. The van der Waals surface area contributed by atoms with E-state index in [2.05, 4.69) is 15.3 Å². The second-order valence-corrected chi connectivity index (χ2v) is 7.05. The highest BCUT2D eigenvalue weighted by Crippen LogP contribution is 2.31. The fourth-order valence-corrected chi connectivity index (χ4v) is 3.05. The number of hydrogen-bond donors (Lipinski definition) is 1. The van der Waals surface area contributed by atoms with Crippen LogP contribution < -0.4 is 5.32 Å². The molecule has 0 unspecified atom stereocenters. The summed E-state index contributed by atoms with van der Waals surface area (Å²) < 4.78 is 0. The quantitative estimate of drug-likeness (QED) is 0.433. The number of halogens is 2. The zero-order valence-corrected chi connectivity index (χ0v) is 16.3. The maximum absolute atomic E-state index is 6.05. The van der Waals surface area contributed by atoms with Crippen LogP contribution in [0.2, 0.25) is 10.0 Å². The van der Waals surface area contributed by atoms with Gasteiger partial charge >= 0.3 is 0 Å². The van der Waals surface area contributed by atoms with Gasteiger partial charge in [0.1, 0.15) is 5.82 Å². The van der Waals surface area contributed by atoms with Crippen molar-refractivity contribution >= 4 is 29.0 Å². The van der Waals surface area contributed by atoms with Gasteiger partial charge in [0.2, 0.25) is 0 Å². The molecule has 0 radical (unpaired) electrons. The van der Waals surface area contributed by atoms with Gasteiger partial charge in [-0.25, -0.2) is 4.98 Å². The molecule has 0 saturated heterocycles. The molecular weight excluding hydrogens is 391 g/mol. The van der Waals surface area contributed by atoms with E-state index >= 15 is 0 Å². The number of pyridine rings is 1. The van der Waals surface area contributed by atoms with Crippen LogP contribution in [-0.2, 0) is 6.54 Å². The van der Waals surface area contributed by atoms with Gasteiger partial charge in [-0.1, -0.05) is 47.5 Å². The molecule has 2 aromatic heterocycles. The fourth-order valence-electron chi connectivity index (χ4n) is 2.80. The van der Waals surface area contributed by atoms with Crippen LogP contribution in [0.4, 0.5) is 5.82 Å². The van der Waals surface area contributed by atoms with Gasteiger partial charge < -0.3 is 5.32 Å². The van der Waals surface area contributed by atoms with Crippen molar-refractivity contribution in [2.75, 3.05) is 5.32 Å². The number of anilines is 1. The zero-order valence-electron chi connectivity index (χ0n) is 14.8. The number of aromatic nitrogens is 3. The predicted octanol–water partition coefficient (Wildman–Crippen LogP) is 6.12. The Morgan fingerprint density at radius 1 is 0.714 bits per heavy atom. The van der Waals surface area contributed by atoms with Crippen molar-refractivity contribution in [1.29, 1.82) is 0 Å². The van der Waals surface area contributed by atoms with Crippen molar-refractivity contribution in [3.63, 3.8) is 0 Å². The average Bonchev–Trinajstić information content (AvgIpc) is 2.74. The van der Waals surface area contributed by atoms with Gasteiger partial charge in [0.15, 0.2) is 0 Å². The molecule has 0 aliphatic rings. The third kappa shape index (κ3) is 4.30. The van der Waals surface area contributed by atoms with E-state index < -0.39 is 0 Å². The lowest BCUT2D eigenvalue weighted by atomic mass is 10.0. The molecule has 1 N–H and O–H groups in total. The third-order valence-electron chi connectivity index (χ3n) is 4.23. The molecule has 0 aliphatic carbocycles. The number of benzene rings is 2. The van der Waals surface area contributed by atoms with Crippen LogP contribution in [0.1, 0.15) is 5.56 Å². The highest BCUT2D eigenvalue weighted by Gasteiger charge is 2.12. The second kappa shape index (κ2) is 8.38. The normalized spacial score (nSPS) is 10.6. The van der Waals surface area contributed by atoms with Crippen molar-refractivity contribution in [1.82, 2.24) is 15.0 Å². The third-order valence-corrected chi connectivity index (χ3v) is 4.73. The Balaban J connectivity index is 1.71. The Morgan fingerprint density at radius 2 is 1.29 bits per heavy atom. The minimum absolute atomic E-state index is 0.636. The summed E-state index contributed by atoms with van der Waals surface area (Å²) in [5, 5.41) is 4.68. The smallest absolute Gasteiger partial charge is 0.145 e. The van der Waals surface area contributed by atoms with Gasteiger partial charge in [0.05, 0.1) is 17.6 Å². The van der Waals surface area contributed by atoms with E-state index in [9.17, 15) is 0 Å². The minimum atomic E-state index is 0.636. The van der Waals surface area contributed by atoms with Crippen molar-refractivity contribution < 1.29 is 0 Å². The summed E-state index contributed by atoms with van der Waals surface area (Å²) in [5.41, 5.74) is 4.57. The summed E-state index contributed by atoms with van der Waals surface area (Å²) in [7, 11) is 0. The lowest BCUT2D eigenvalue weighted by Crippen LogP contribution is -2.04. The molecule has 0 spiro atoms. The second-order valence-electron chi connectivity index (χ2n) is 6.18. The molecule has 0 bridgehead atoms. The van der Waals surface area contributed by atoms with E-state index in [0.717, 1.165) is 28.1 Å². The average molecular weight is 407 g/mol. The van der Waals surface area contributed by atoms with E-state index in [-0.39, 0.29) is 0 Å². The van der Waals surface area contributed by atoms with Crippen molar-refractivity contribution in [2.24, 2.45) is 0 Å². The maximum Gasteiger partial charge on any atom is 0.145 e. The van der Waals surface area contributed by atoms with Crippen molar-refractivity contribution in [3.05, 3.63) is 94.9 Å². The Hall–Kier alpha value is -2.95. The van der Waals surface area contributed by atoms with Crippen LogP contribution in [0.3, 0.4) is 0 Å². The molecular formula is C22H16Cl2N4. The Morgan fingerprint density at radius 3 is 1.89 bits per heavy atom. The summed E-state index contributed by atoms with van der Waals surface area (Å²) in [5.74, 6) is 0.694. The van der Waals surface area contributed by atoms with Gasteiger partial charge in [-0.3, -0.25) is 9.97 Å². The number of nitrogens with zero attached hydrogens (tertiary/aromatic N) is 3. The lowest BCUT2D eigenvalue weighted by molar-refractivity contribution is 1.08. The van der Waals surface area contributed by atoms with E-state index in [1.807, 2.05) is 60.7 Å². The topological polar surface area (TPSA) is 50.7 Å². The van der Waals surface area contributed by atoms with Crippen LogP contribution in [0.15, 0.2) is 79.3 Å². The van der Waals surface area contributed by atoms with Crippen LogP contribution in [0.5, 0.6) is 0 Å². The van der Waals surface area contributed by atoms with Crippen molar-refractivity contribution in [2.45, 2.75) is 6.54 Å². The van der Waals surface area contributed by atoms with Crippen LogP contribution in [-0.4, -0.2) is 15.0 Å². The first-order valence-corrected chi connectivity index (χ1v) is 9.46. The monoisotopic (exact) mass is 406 g/mol. The van der Waals surface area contributed by atoms with Gasteiger partial charge in [-0.05, 0) is 42.0 Å². The minimum Gasteiger partial charge on any atom is -0.365 e. The SMILES string of the molecule is Clc1ccc(-c2ncc(NCc3ccncc3)nc2-c2ccc(Cl)cc2)cc1. The molecule has 0 saturated carbocycles. The van der Waals surface area contributed by atoms with E-state index in [1.54, 1.807) is 18.6 Å². The maximum atomic E-state index is 6.05. The first kappa shape index (κ1) is 18.4. The summed E-state index contributed by atoms with van der Waals surface area (Å²) in [6, 6.07) is 19.1. The van der Waals surface area contributed by atoms with Gasteiger partial charge in [-0.2, -0.15) is 0 Å². The fraction of sp³-hybridized carbons (Fsp3) is 0.0455. The highest BCUT2D eigenvalue weighted by molar-refractivity contribution is 6.31. The molecule has 2 heterocycles.